The second kappa shape index (κ2) is 5.11. The highest BCUT2D eigenvalue weighted by molar-refractivity contribution is 5.97. The molecule has 0 spiro atoms. The number of hydrogen-bond donors (Lipinski definition) is 3. The van der Waals surface area contributed by atoms with Crippen LogP contribution < -0.4 is 5.32 Å². The van der Waals surface area contributed by atoms with E-state index in [9.17, 15) is 15.0 Å². The van der Waals surface area contributed by atoms with Gasteiger partial charge in [0.15, 0.2) is 0 Å². The smallest absolute Gasteiger partial charge is 0.255 e. The largest absolute Gasteiger partial charge is 0.508 e. The lowest BCUT2D eigenvalue weighted by molar-refractivity contribution is 0.0851. The van der Waals surface area contributed by atoms with E-state index < -0.39 is 0 Å². The number of hydrogen-bond acceptors (Lipinski definition) is 3. The molecule has 0 radical (unpaired) electrons. The molecule has 1 amide bonds. The molecule has 0 aliphatic heterocycles. The highest BCUT2D eigenvalue weighted by Crippen LogP contribution is 2.35. The van der Waals surface area contributed by atoms with Crippen LogP contribution in [0.1, 0.15) is 49.9 Å². The van der Waals surface area contributed by atoms with Gasteiger partial charge in [0.05, 0.1) is 5.56 Å². The van der Waals surface area contributed by atoms with Gasteiger partial charge in [0, 0.05) is 12.1 Å². The van der Waals surface area contributed by atoms with Crippen LogP contribution in [0.4, 0.5) is 0 Å². The van der Waals surface area contributed by atoms with Crippen LogP contribution in [0.5, 0.6) is 11.5 Å². The molecule has 19 heavy (non-hydrogen) atoms. The molecule has 4 heteroatoms. The van der Waals surface area contributed by atoms with Crippen molar-refractivity contribution in [2.75, 3.05) is 0 Å². The second-order valence-electron chi connectivity index (χ2n) is 5.96. The van der Waals surface area contributed by atoms with E-state index in [1.54, 1.807) is 0 Å². The summed E-state index contributed by atoms with van der Waals surface area (Å²) in [4.78, 5) is 12.2. The van der Waals surface area contributed by atoms with Crippen LogP contribution in [0, 0.1) is 5.41 Å². The van der Waals surface area contributed by atoms with Crippen molar-refractivity contribution in [2.45, 2.75) is 45.6 Å². The fourth-order valence-corrected chi connectivity index (χ4v) is 2.71. The number of amides is 1. The first kappa shape index (κ1) is 13.7. The zero-order chi connectivity index (χ0) is 14.0. The summed E-state index contributed by atoms with van der Waals surface area (Å²) >= 11 is 0. The van der Waals surface area contributed by atoms with E-state index in [2.05, 4.69) is 19.2 Å². The van der Waals surface area contributed by atoms with Crippen molar-refractivity contribution in [3.63, 3.8) is 0 Å². The van der Waals surface area contributed by atoms with Gasteiger partial charge in [0.1, 0.15) is 11.5 Å². The minimum Gasteiger partial charge on any atom is -0.508 e. The molecule has 0 heterocycles. The Hall–Kier alpha value is -1.71. The summed E-state index contributed by atoms with van der Waals surface area (Å²) in [6, 6.07) is 4.15. The fraction of sp³-hybridized carbons (Fsp3) is 0.533. The van der Waals surface area contributed by atoms with Crippen molar-refractivity contribution in [1.29, 1.82) is 0 Å². The molecular weight excluding hydrogens is 242 g/mol. The first-order chi connectivity index (χ1) is 8.90. The summed E-state index contributed by atoms with van der Waals surface area (Å²) < 4.78 is 0. The Balaban J connectivity index is 2.12. The van der Waals surface area contributed by atoms with E-state index in [0.717, 1.165) is 19.3 Å². The van der Waals surface area contributed by atoms with E-state index in [1.807, 2.05) is 0 Å². The Morgan fingerprint density at radius 3 is 2.68 bits per heavy atom. The quantitative estimate of drug-likeness (QED) is 0.768. The number of carbonyl (C=O) groups is 1. The maximum atomic E-state index is 12.2. The van der Waals surface area contributed by atoms with Gasteiger partial charge in [-0.05, 0) is 30.4 Å². The number of carbonyl (C=O) groups excluding carboxylic acids is 1. The molecule has 104 valence electrons. The number of phenols is 2. The summed E-state index contributed by atoms with van der Waals surface area (Å²) in [6.45, 7) is 4.32. The zero-order valence-corrected chi connectivity index (χ0v) is 11.4. The summed E-state index contributed by atoms with van der Waals surface area (Å²) in [5.74, 6) is -0.518. The molecule has 1 saturated carbocycles. The van der Waals surface area contributed by atoms with E-state index >= 15 is 0 Å². The van der Waals surface area contributed by atoms with Gasteiger partial charge in [0.25, 0.3) is 5.91 Å². The predicted molar refractivity (Wildman–Crippen MR) is 73.3 cm³/mol. The maximum absolute atomic E-state index is 12.2. The predicted octanol–water partition coefficient (Wildman–Crippen LogP) is 2.80. The fourth-order valence-electron chi connectivity index (χ4n) is 2.71. The Morgan fingerprint density at radius 1 is 1.32 bits per heavy atom. The normalized spacial score (nSPS) is 21.9. The zero-order valence-electron chi connectivity index (χ0n) is 11.4. The molecule has 1 fully saturated rings. The van der Waals surface area contributed by atoms with Gasteiger partial charge in [-0.25, -0.2) is 0 Å². The van der Waals surface area contributed by atoms with Gasteiger partial charge < -0.3 is 15.5 Å². The second-order valence-corrected chi connectivity index (χ2v) is 5.96. The molecule has 0 saturated heterocycles. The van der Waals surface area contributed by atoms with Gasteiger partial charge >= 0.3 is 0 Å². The Morgan fingerprint density at radius 2 is 2.05 bits per heavy atom. The standard InChI is InChI=1S/C15H21NO3/c1-15(2)8-4-3-5-13(15)16-14(19)11-7-6-10(17)9-12(11)18/h6-7,9,13,17-18H,3-5,8H2,1-2H3,(H,16,19). The molecule has 0 aromatic heterocycles. The molecule has 1 unspecified atom stereocenters. The highest BCUT2D eigenvalue weighted by Gasteiger charge is 2.33. The highest BCUT2D eigenvalue weighted by atomic mass is 16.3. The van der Waals surface area contributed by atoms with Crippen molar-refractivity contribution in [3.05, 3.63) is 23.8 Å². The summed E-state index contributed by atoms with van der Waals surface area (Å²) in [5.41, 5.74) is 0.291. The molecule has 1 aromatic carbocycles. The van der Waals surface area contributed by atoms with Crippen LogP contribution in [0.25, 0.3) is 0 Å². The summed E-state index contributed by atoms with van der Waals surface area (Å²) in [5, 5.41) is 21.9. The van der Waals surface area contributed by atoms with Crippen LogP contribution in [0.2, 0.25) is 0 Å². The maximum Gasteiger partial charge on any atom is 0.255 e. The summed E-state index contributed by atoms with van der Waals surface area (Å²) in [6.07, 6.45) is 4.39. The molecule has 1 aliphatic carbocycles. The third-order valence-corrected chi connectivity index (χ3v) is 4.04. The van der Waals surface area contributed by atoms with Crippen LogP contribution in [0.15, 0.2) is 18.2 Å². The van der Waals surface area contributed by atoms with Crippen molar-refractivity contribution in [3.8, 4) is 11.5 Å². The SMILES string of the molecule is CC1(C)CCCCC1NC(=O)c1ccc(O)cc1O. The average Bonchev–Trinajstić information content (AvgIpc) is 2.31. The lowest BCUT2D eigenvalue weighted by Crippen LogP contribution is -2.46. The number of phenolic OH excluding ortho intramolecular Hbond substituents is 2. The third kappa shape index (κ3) is 3.00. The van der Waals surface area contributed by atoms with Crippen LogP contribution in [-0.4, -0.2) is 22.2 Å². The minimum absolute atomic E-state index is 0.0490. The number of rotatable bonds is 2. The molecule has 1 aliphatic rings. The Kier molecular flexibility index (Phi) is 3.69. The first-order valence-electron chi connectivity index (χ1n) is 6.73. The van der Waals surface area contributed by atoms with Gasteiger partial charge in [-0.1, -0.05) is 26.7 Å². The van der Waals surface area contributed by atoms with Crippen molar-refractivity contribution in [1.82, 2.24) is 5.32 Å². The Labute approximate surface area is 113 Å². The molecular formula is C15H21NO3. The average molecular weight is 263 g/mol. The molecule has 3 N–H and O–H groups in total. The monoisotopic (exact) mass is 263 g/mol. The first-order valence-corrected chi connectivity index (χ1v) is 6.73. The van der Waals surface area contributed by atoms with Crippen LogP contribution in [0.3, 0.4) is 0 Å². The van der Waals surface area contributed by atoms with Gasteiger partial charge in [-0.3, -0.25) is 4.79 Å². The van der Waals surface area contributed by atoms with Crippen molar-refractivity contribution < 1.29 is 15.0 Å². The lowest BCUT2D eigenvalue weighted by Gasteiger charge is -2.39. The van der Waals surface area contributed by atoms with Crippen LogP contribution >= 0.6 is 0 Å². The topological polar surface area (TPSA) is 69.6 Å². The van der Waals surface area contributed by atoms with E-state index in [-0.39, 0.29) is 34.4 Å². The third-order valence-electron chi connectivity index (χ3n) is 4.04. The Bertz CT molecular complexity index is 482. The van der Waals surface area contributed by atoms with Gasteiger partial charge in [-0.15, -0.1) is 0 Å². The van der Waals surface area contributed by atoms with Crippen LogP contribution in [-0.2, 0) is 0 Å². The molecule has 0 bridgehead atoms. The lowest BCUT2D eigenvalue weighted by atomic mass is 9.73. The van der Waals surface area contributed by atoms with Gasteiger partial charge in [0.2, 0.25) is 0 Å². The van der Waals surface area contributed by atoms with Gasteiger partial charge in [-0.2, -0.15) is 0 Å². The molecule has 1 atom stereocenters. The van der Waals surface area contributed by atoms with Crippen molar-refractivity contribution in [2.24, 2.45) is 5.41 Å². The number of nitrogens with one attached hydrogen (secondary N) is 1. The molecule has 1 aromatic rings. The minimum atomic E-state index is -0.280. The van der Waals surface area contributed by atoms with E-state index in [0.29, 0.717) is 0 Å². The summed E-state index contributed by atoms with van der Waals surface area (Å²) in [7, 11) is 0. The van der Waals surface area contributed by atoms with Crippen molar-refractivity contribution >= 4 is 5.91 Å². The number of aromatic hydroxyl groups is 2. The molecule has 2 rings (SSSR count). The number of benzene rings is 1. The molecule has 4 nitrogen and oxygen atoms in total. The van der Waals surface area contributed by atoms with E-state index in [1.165, 1.54) is 24.6 Å². The van der Waals surface area contributed by atoms with E-state index in [4.69, 9.17) is 0 Å².